The molecule has 34 heavy (non-hydrogen) atoms. The van der Waals surface area contributed by atoms with E-state index in [1.807, 2.05) is 69.3 Å². The highest BCUT2D eigenvalue weighted by atomic mass is 16.5. The quantitative estimate of drug-likeness (QED) is 0.289. The molecule has 0 spiro atoms. The van der Waals surface area contributed by atoms with Gasteiger partial charge >= 0.3 is 0 Å². The first-order valence-electron chi connectivity index (χ1n) is 11.6. The lowest BCUT2D eigenvalue weighted by Crippen LogP contribution is -2.15. The van der Waals surface area contributed by atoms with Crippen LogP contribution in [0, 0.1) is 20.8 Å². The topological polar surface area (TPSA) is 48.7 Å². The second kappa shape index (κ2) is 9.38. The van der Waals surface area contributed by atoms with Crippen LogP contribution in [-0.2, 0) is 5.41 Å². The van der Waals surface area contributed by atoms with Gasteiger partial charge in [0.05, 0.1) is 5.39 Å². The van der Waals surface area contributed by atoms with E-state index in [9.17, 15) is 4.79 Å². The number of aryl methyl sites for hydroxylation is 3. The molecule has 0 amide bonds. The van der Waals surface area contributed by atoms with Crippen molar-refractivity contribution in [3.8, 4) is 22.8 Å². The molecule has 0 atom stereocenters. The minimum Gasteiger partial charge on any atom is -0.490 e. The number of fused-ring (bicyclic) bond motifs is 1. The molecule has 4 nitrogen and oxygen atoms in total. The highest BCUT2D eigenvalue weighted by molar-refractivity contribution is 5.83. The molecule has 0 aliphatic heterocycles. The van der Waals surface area contributed by atoms with Crippen LogP contribution in [-0.4, -0.2) is 13.2 Å². The highest BCUT2D eigenvalue weighted by Crippen LogP contribution is 2.33. The lowest BCUT2D eigenvalue weighted by molar-refractivity contribution is 0.214. The molecular weight excluding hydrogens is 424 g/mol. The van der Waals surface area contributed by atoms with Gasteiger partial charge in [-0.25, -0.2) is 0 Å². The van der Waals surface area contributed by atoms with Gasteiger partial charge in [0.25, 0.3) is 0 Å². The molecule has 0 saturated carbocycles. The first kappa shape index (κ1) is 23.6. The summed E-state index contributed by atoms with van der Waals surface area (Å²) in [5.41, 5.74) is 5.72. The zero-order valence-electron chi connectivity index (χ0n) is 20.8. The molecule has 0 N–H and O–H groups in total. The third-order valence-corrected chi connectivity index (χ3v) is 6.10. The molecule has 4 aromatic rings. The highest BCUT2D eigenvalue weighted by Gasteiger charge is 2.20. The maximum atomic E-state index is 13.5. The molecule has 0 unspecified atom stereocenters. The molecule has 1 aromatic heterocycles. The first-order chi connectivity index (χ1) is 16.1. The monoisotopic (exact) mass is 456 g/mol. The standard InChI is InChI=1S/C30H32O4/c1-19-7-13-24(14-8-19)32-15-16-33-29-27(31)25-17-20(2)21(3)18-26(25)34-28(29)22-9-11-23(12-10-22)30(4,5)6/h7-14,17-18H,15-16H2,1-6H3. The van der Waals surface area contributed by atoms with Crippen molar-refractivity contribution < 1.29 is 13.9 Å². The lowest BCUT2D eigenvalue weighted by Gasteiger charge is -2.19. The average Bonchev–Trinajstić information content (AvgIpc) is 2.80. The van der Waals surface area contributed by atoms with Crippen LogP contribution in [0.4, 0.5) is 0 Å². The molecule has 176 valence electrons. The second-order valence-corrected chi connectivity index (χ2v) is 9.86. The van der Waals surface area contributed by atoms with E-state index in [1.165, 1.54) is 11.1 Å². The molecule has 0 radical (unpaired) electrons. The Hall–Kier alpha value is -3.53. The molecule has 0 aliphatic carbocycles. The maximum Gasteiger partial charge on any atom is 0.235 e. The Morgan fingerprint density at radius 1 is 0.794 bits per heavy atom. The Bertz CT molecular complexity index is 1360. The van der Waals surface area contributed by atoms with Gasteiger partial charge in [0.15, 0.2) is 5.76 Å². The summed E-state index contributed by atoms with van der Waals surface area (Å²) in [6, 6.07) is 19.8. The van der Waals surface area contributed by atoms with Gasteiger partial charge < -0.3 is 13.9 Å². The van der Waals surface area contributed by atoms with Gasteiger partial charge in [-0.1, -0.05) is 62.7 Å². The van der Waals surface area contributed by atoms with E-state index in [0.29, 0.717) is 23.3 Å². The number of benzene rings is 3. The number of ether oxygens (including phenoxy) is 2. The predicted octanol–water partition coefficient (Wildman–Crippen LogP) is 7.14. The first-order valence-corrected chi connectivity index (χ1v) is 11.6. The van der Waals surface area contributed by atoms with Gasteiger partial charge in [0.1, 0.15) is 24.5 Å². The number of hydrogen-bond donors (Lipinski definition) is 0. The van der Waals surface area contributed by atoms with E-state index in [2.05, 4.69) is 32.9 Å². The summed E-state index contributed by atoms with van der Waals surface area (Å²) in [7, 11) is 0. The van der Waals surface area contributed by atoms with Crippen molar-refractivity contribution in [1.29, 1.82) is 0 Å². The third kappa shape index (κ3) is 5.01. The summed E-state index contributed by atoms with van der Waals surface area (Å²) >= 11 is 0. The van der Waals surface area contributed by atoms with Crippen LogP contribution >= 0.6 is 0 Å². The van der Waals surface area contributed by atoms with Gasteiger partial charge in [0, 0.05) is 5.56 Å². The Balaban J connectivity index is 1.69. The third-order valence-electron chi connectivity index (χ3n) is 6.10. The van der Waals surface area contributed by atoms with E-state index < -0.39 is 0 Å². The zero-order chi connectivity index (χ0) is 24.5. The molecule has 0 aliphatic rings. The summed E-state index contributed by atoms with van der Waals surface area (Å²) in [6.07, 6.45) is 0. The van der Waals surface area contributed by atoms with Crippen molar-refractivity contribution in [1.82, 2.24) is 0 Å². The zero-order valence-corrected chi connectivity index (χ0v) is 20.8. The summed E-state index contributed by atoms with van der Waals surface area (Å²) < 4.78 is 18.1. The molecule has 3 aromatic carbocycles. The molecular formula is C30H32O4. The van der Waals surface area contributed by atoms with E-state index in [4.69, 9.17) is 13.9 Å². The fourth-order valence-electron chi connectivity index (χ4n) is 3.81. The van der Waals surface area contributed by atoms with Crippen LogP contribution in [0.2, 0.25) is 0 Å². The van der Waals surface area contributed by atoms with Gasteiger partial charge in [-0.2, -0.15) is 0 Å². The maximum absolute atomic E-state index is 13.5. The Morgan fingerprint density at radius 2 is 1.41 bits per heavy atom. The normalized spacial score (nSPS) is 11.6. The summed E-state index contributed by atoms with van der Waals surface area (Å²) in [5.74, 6) is 1.42. The van der Waals surface area contributed by atoms with E-state index in [1.54, 1.807) is 0 Å². The minimum atomic E-state index is -0.172. The number of rotatable bonds is 6. The van der Waals surface area contributed by atoms with Crippen molar-refractivity contribution >= 4 is 11.0 Å². The van der Waals surface area contributed by atoms with Gasteiger partial charge in [-0.3, -0.25) is 4.79 Å². The van der Waals surface area contributed by atoms with Crippen molar-refractivity contribution in [2.24, 2.45) is 0 Å². The van der Waals surface area contributed by atoms with Crippen LogP contribution < -0.4 is 14.9 Å². The predicted molar refractivity (Wildman–Crippen MR) is 138 cm³/mol. The van der Waals surface area contributed by atoms with E-state index in [0.717, 1.165) is 22.4 Å². The molecule has 1 heterocycles. The van der Waals surface area contributed by atoms with Crippen molar-refractivity contribution in [2.75, 3.05) is 13.2 Å². The fourth-order valence-corrected chi connectivity index (χ4v) is 3.81. The largest absolute Gasteiger partial charge is 0.490 e. The smallest absolute Gasteiger partial charge is 0.235 e. The number of hydrogen-bond acceptors (Lipinski definition) is 4. The van der Waals surface area contributed by atoms with Crippen LogP contribution in [0.25, 0.3) is 22.3 Å². The van der Waals surface area contributed by atoms with Crippen LogP contribution in [0.3, 0.4) is 0 Å². The summed E-state index contributed by atoms with van der Waals surface area (Å²) in [6.45, 7) is 13.1. The van der Waals surface area contributed by atoms with Crippen molar-refractivity contribution in [3.63, 3.8) is 0 Å². The molecule has 0 bridgehead atoms. The minimum absolute atomic E-state index is 0.0318. The summed E-state index contributed by atoms with van der Waals surface area (Å²) in [4.78, 5) is 13.5. The van der Waals surface area contributed by atoms with Crippen LogP contribution in [0.15, 0.2) is 69.9 Å². The van der Waals surface area contributed by atoms with Crippen molar-refractivity contribution in [2.45, 2.75) is 47.0 Å². The van der Waals surface area contributed by atoms with Crippen LogP contribution in [0.5, 0.6) is 11.5 Å². The average molecular weight is 457 g/mol. The summed E-state index contributed by atoms with van der Waals surface area (Å²) in [5, 5.41) is 0.521. The van der Waals surface area contributed by atoms with Gasteiger partial charge in [-0.15, -0.1) is 0 Å². The van der Waals surface area contributed by atoms with Gasteiger partial charge in [0.2, 0.25) is 11.2 Å². The Labute approximate surface area is 201 Å². The van der Waals surface area contributed by atoms with Gasteiger partial charge in [-0.05, 0) is 67.1 Å². The lowest BCUT2D eigenvalue weighted by atomic mass is 9.86. The van der Waals surface area contributed by atoms with E-state index in [-0.39, 0.29) is 23.2 Å². The van der Waals surface area contributed by atoms with Crippen LogP contribution in [0.1, 0.15) is 43.0 Å². The molecule has 0 saturated heterocycles. The molecule has 4 heteroatoms. The Morgan fingerprint density at radius 3 is 2.06 bits per heavy atom. The van der Waals surface area contributed by atoms with E-state index >= 15 is 0 Å². The SMILES string of the molecule is Cc1ccc(OCCOc2c(-c3ccc(C(C)(C)C)cc3)oc3cc(C)c(C)cc3c2=O)cc1. The van der Waals surface area contributed by atoms with Crippen molar-refractivity contribution in [3.05, 3.63) is 93.1 Å². The fraction of sp³-hybridized carbons (Fsp3) is 0.300. The Kier molecular flexibility index (Phi) is 6.52. The molecule has 4 rings (SSSR count). The second-order valence-electron chi connectivity index (χ2n) is 9.86. The molecule has 0 fully saturated rings.